The molecule has 1 aromatic carbocycles. The molecule has 0 unspecified atom stereocenters. The first-order chi connectivity index (χ1) is 9.81. The van der Waals surface area contributed by atoms with Gasteiger partial charge in [0.1, 0.15) is 0 Å². The summed E-state index contributed by atoms with van der Waals surface area (Å²) in [6.07, 6.45) is 1.45. The second kappa shape index (κ2) is 5.91. The molecule has 0 aliphatic carbocycles. The van der Waals surface area contributed by atoms with Crippen molar-refractivity contribution < 1.29 is 4.39 Å². The summed E-state index contributed by atoms with van der Waals surface area (Å²) in [7, 11) is 2.96. The zero-order valence-electron chi connectivity index (χ0n) is 11.3. The molecule has 1 N–H and O–H groups in total. The third-order valence-corrected chi connectivity index (χ3v) is 3.53. The normalized spacial score (nSPS) is 10.7. The third-order valence-electron chi connectivity index (χ3n) is 2.98. The van der Waals surface area contributed by atoms with Crippen LogP contribution in [-0.4, -0.2) is 9.13 Å². The molecule has 0 amide bonds. The van der Waals surface area contributed by atoms with Crippen molar-refractivity contribution in [2.24, 2.45) is 14.1 Å². The van der Waals surface area contributed by atoms with Crippen molar-refractivity contribution >= 4 is 28.9 Å². The van der Waals surface area contributed by atoms with E-state index in [4.69, 9.17) is 23.2 Å². The van der Waals surface area contributed by atoms with Gasteiger partial charge in [-0.15, -0.1) is 0 Å². The summed E-state index contributed by atoms with van der Waals surface area (Å²) in [5, 5.41) is 2.70. The Bertz CT molecular complexity index is 791. The molecule has 5 nitrogen and oxygen atoms in total. The van der Waals surface area contributed by atoms with Crippen molar-refractivity contribution in [2.45, 2.75) is 6.54 Å². The molecule has 21 heavy (non-hydrogen) atoms. The first-order valence-electron chi connectivity index (χ1n) is 5.95. The molecule has 1 aromatic heterocycles. The van der Waals surface area contributed by atoms with Crippen molar-refractivity contribution in [3.63, 3.8) is 0 Å². The number of hydrogen-bond donors (Lipinski definition) is 1. The lowest BCUT2D eigenvalue weighted by Crippen LogP contribution is -2.38. The number of nitrogens with one attached hydrogen (secondary N) is 1. The van der Waals surface area contributed by atoms with Gasteiger partial charge in [0.15, 0.2) is 5.82 Å². The molecule has 8 heteroatoms. The maximum absolute atomic E-state index is 13.3. The van der Waals surface area contributed by atoms with Gasteiger partial charge in [0.05, 0.1) is 15.6 Å². The molecular formula is C13H12Cl2FN3O2. The fraction of sp³-hybridized carbons (Fsp3) is 0.231. The molecule has 1 heterocycles. The summed E-state index contributed by atoms with van der Waals surface area (Å²) in [6, 6.07) is 2.74. The summed E-state index contributed by atoms with van der Waals surface area (Å²) in [6.45, 7) is 0.152. The third kappa shape index (κ3) is 3.11. The molecule has 0 atom stereocenters. The van der Waals surface area contributed by atoms with Gasteiger partial charge in [-0.25, -0.2) is 9.18 Å². The predicted molar refractivity (Wildman–Crippen MR) is 80.7 cm³/mol. The molecule has 0 aliphatic rings. The molecule has 2 aromatic rings. The summed E-state index contributed by atoms with van der Waals surface area (Å²) < 4.78 is 15.6. The lowest BCUT2D eigenvalue weighted by Gasteiger charge is -2.10. The molecular weight excluding hydrogens is 320 g/mol. The van der Waals surface area contributed by atoms with Crippen LogP contribution in [0.1, 0.15) is 5.56 Å². The fourth-order valence-electron chi connectivity index (χ4n) is 1.86. The summed E-state index contributed by atoms with van der Waals surface area (Å²) in [5.41, 5.74) is 0.0556. The highest BCUT2D eigenvalue weighted by Gasteiger charge is 2.09. The van der Waals surface area contributed by atoms with Crippen LogP contribution in [0.4, 0.5) is 10.1 Å². The molecule has 0 saturated carbocycles. The second-order valence-electron chi connectivity index (χ2n) is 4.52. The summed E-state index contributed by atoms with van der Waals surface area (Å²) >= 11 is 11.4. The Morgan fingerprint density at radius 2 is 1.76 bits per heavy atom. The van der Waals surface area contributed by atoms with Gasteiger partial charge in [-0.05, 0) is 12.1 Å². The van der Waals surface area contributed by atoms with Gasteiger partial charge in [0.25, 0.3) is 5.56 Å². The minimum absolute atomic E-state index is 0.113. The number of benzene rings is 1. The molecule has 0 saturated heterocycles. The molecule has 2 rings (SSSR count). The van der Waals surface area contributed by atoms with Crippen LogP contribution in [0.15, 0.2) is 27.9 Å². The van der Waals surface area contributed by atoms with Crippen LogP contribution in [-0.2, 0) is 20.6 Å². The number of halogens is 3. The van der Waals surface area contributed by atoms with E-state index in [9.17, 15) is 14.0 Å². The fourth-order valence-corrected chi connectivity index (χ4v) is 2.35. The van der Waals surface area contributed by atoms with Crippen molar-refractivity contribution in [1.82, 2.24) is 9.13 Å². The van der Waals surface area contributed by atoms with E-state index in [1.807, 2.05) is 0 Å². The maximum atomic E-state index is 13.3. The Labute approximate surface area is 129 Å². The van der Waals surface area contributed by atoms with Gasteiger partial charge in [-0.2, -0.15) is 0 Å². The Balaban J connectivity index is 2.29. The number of aromatic nitrogens is 2. The highest BCUT2D eigenvalue weighted by Crippen LogP contribution is 2.27. The highest BCUT2D eigenvalue weighted by atomic mass is 35.5. The van der Waals surface area contributed by atoms with Crippen LogP contribution < -0.4 is 16.6 Å². The van der Waals surface area contributed by atoms with Crippen LogP contribution in [0.5, 0.6) is 0 Å². The van der Waals surface area contributed by atoms with Crippen LogP contribution >= 0.6 is 23.2 Å². The Morgan fingerprint density at radius 1 is 1.19 bits per heavy atom. The first kappa shape index (κ1) is 15.6. The smallest absolute Gasteiger partial charge is 0.330 e. The number of hydrogen-bond acceptors (Lipinski definition) is 3. The van der Waals surface area contributed by atoms with Gasteiger partial charge >= 0.3 is 5.69 Å². The molecule has 0 spiro atoms. The van der Waals surface area contributed by atoms with Crippen molar-refractivity contribution in [3.05, 3.63) is 60.6 Å². The topological polar surface area (TPSA) is 56.0 Å². The Kier molecular flexibility index (Phi) is 4.39. The van der Waals surface area contributed by atoms with Gasteiger partial charge in [-0.3, -0.25) is 9.36 Å². The molecule has 0 aliphatic heterocycles. The average Bonchev–Trinajstić information content (AvgIpc) is 2.44. The number of anilines is 1. The van der Waals surface area contributed by atoms with Crippen LogP contribution in [0.25, 0.3) is 0 Å². The van der Waals surface area contributed by atoms with E-state index < -0.39 is 17.1 Å². The van der Waals surface area contributed by atoms with Crippen LogP contribution in [0.3, 0.4) is 0 Å². The van der Waals surface area contributed by atoms with E-state index in [-0.39, 0.29) is 16.6 Å². The zero-order chi connectivity index (χ0) is 15.7. The second-order valence-corrected chi connectivity index (χ2v) is 5.33. The maximum Gasteiger partial charge on any atom is 0.330 e. The molecule has 0 bridgehead atoms. The predicted octanol–water partition coefficient (Wildman–Crippen LogP) is 2.14. The molecule has 0 radical (unpaired) electrons. The highest BCUT2D eigenvalue weighted by molar-refractivity contribution is 6.35. The summed E-state index contributed by atoms with van der Waals surface area (Å²) in [5.74, 6) is -0.693. The molecule has 112 valence electrons. The Hall–Kier alpha value is -1.79. The number of rotatable bonds is 3. The monoisotopic (exact) mass is 331 g/mol. The van der Waals surface area contributed by atoms with E-state index in [0.717, 1.165) is 4.57 Å². The van der Waals surface area contributed by atoms with E-state index in [1.165, 1.54) is 29.9 Å². The zero-order valence-corrected chi connectivity index (χ0v) is 12.8. The van der Waals surface area contributed by atoms with Crippen molar-refractivity contribution in [1.29, 1.82) is 0 Å². The van der Waals surface area contributed by atoms with E-state index in [1.54, 1.807) is 7.05 Å². The lowest BCUT2D eigenvalue weighted by atomic mass is 10.2. The first-order valence-corrected chi connectivity index (χ1v) is 6.71. The van der Waals surface area contributed by atoms with Gasteiger partial charge in [-0.1, -0.05) is 23.2 Å². The van der Waals surface area contributed by atoms with E-state index in [0.29, 0.717) is 11.3 Å². The minimum Gasteiger partial charge on any atom is -0.381 e. The minimum atomic E-state index is -0.693. The van der Waals surface area contributed by atoms with Crippen molar-refractivity contribution in [3.8, 4) is 0 Å². The number of nitrogens with zero attached hydrogens (tertiary/aromatic N) is 2. The lowest BCUT2D eigenvalue weighted by molar-refractivity contribution is 0.629. The van der Waals surface area contributed by atoms with E-state index >= 15 is 0 Å². The SMILES string of the molecule is Cn1cc(CNc2cc(Cl)c(F)c(Cl)c2)c(=O)n(C)c1=O. The van der Waals surface area contributed by atoms with Crippen LogP contribution in [0.2, 0.25) is 10.0 Å². The average molecular weight is 332 g/mol. The molecule has 0 fully saturated rings. The largest absolute Gasteiger partial charge is 0.381 e. The Morgan fingerprint density at radius 3 is 2.33 bits per heavy atom. The van der Waals surface area contributed by atoms with Gasteiger partial charge in [0.2, 0.25) is 0 Å². The van der Waals surface area contributed by atoms with Gasteiger partial charge < -0.3 is 9.88 Å². The van der Waals surface area contributed by atoms with E-state index in [2.05, 4.69) is 5.32 Å². The number of aryl methyl sites for hydroxylation is 1. The standard InChI is InChI=1S/C13H12Cl2FN3O2/c1-18-6-7(12(20)19(2)13(18)21)5-17-8-3-9(14)11(16)10(15)4-8/h3-4,6,17H,5H2,1-2H3. The van der Waals surface area contributed by atoms with Crippen LogP contribution in [0, 0.1) is 5.82 Å². The summed E-state index contributed by atoms with van der Waals surface area (Å²) in [4.78, 5) is 23.5. The van der Waals surface area contributed by atoms with Crippen molar-refractivity contribution in [2.75, 3.05) is 5.32 Å². The quantitative estimate of drug-likeness (QED) is 0.877. The van der Waals surface area contributed by atoms with Gasteiger partial charge in [0, 0.05) is 32.5 Å².